The molecule has 3 nitrogen and oxygen atoms in total. The molecule has 0 fully saturated rings. The van der Waals surface area contributed by atoms with Crippen molar-refractivity contribution in [2.75, 3.05) is 6.61 Å². The highest BCUT2D eigenvalue weighted by Crippen LogP contribution is 2.19. The fourth-order valence-electron chi connectivity index (χ4n) is 1.70. The molecule has 0 amide bonds. The molecule has 0 N–H and O–H groups in total. The van der Waals surface area contributed by atoms with Crippen LogP contribution >= 0.6 is 11.3 Å². The molecule has 0 aliphatic rings. The number of ketones is 1. The van der Waals surface area contributed by atoms with E-state index in [4.69, 9.17) is 4.74 Å². The lowest BCUT2D eigenvalue weighted by molar-refractivity contribution is 0.101. The second-order valence-electron chi connectivity index (χ2n) is 4.55. The molecular weight excluding hydrogens is 258 g/mol. The third-order valence-electron chi connectivity index (χ3n) is 2.83. The molecule has 1 aromatic carbocycles. The fourth-order valence-corrected chi connectivity index (χ4v) is 2.52. The van der Waals surface area contributed by atoms with Crippen LogP contribution in [0.5, 0.6) is 5.75 Å². The summed E-state index contributed by atoms with van der Waals surface area (Å²) in [6.45, 7) is 6.19. The van der Waals surface area contributed by atoms with E-state index in [1.165, 1.54) is 23.8 Å². The second kappa shape index (κ2) is 5.97. The molecule has 2 rings (SSSR count). The van der Waals surface area contributed by atoms with Crippen molar-refractivity contribution < 1.29 is 9.53 Å². The Morgan fingerprint density at radius 2 is 2.16 bits per heavy atom. The average Bonchev–Trinajstić information content (AvgIpc) is 2.82. The summed E-state index contributed by atoms with van der Waals surface area (Å²) in [6, 6.07) is 6.17. The van der Waals surface area contributed by atoms with Crippen LogP contribution in [0.1, 0.15) is 33.5 Å². The van der Waals surface area contributed by atoms with Gasteiger partial charge in [0.1, 0.15) is 11.4 Å². The van der Waals surface area contributed by atoms with E-state index in [1.807, 2.05) is 19.9 Å². The number of aromatic nitrogens is 1. The van der Waals surface area contributed by atoms with Gasteiger partial charge >= 0.3 is 0 Å². The summed E-state index contributed by atoms with van der Waals surface area (Å²) >= 11 is 1.51. The third-order valence-corrected chi connectivity index (χ3v) is 3.74. The van der Waals surface area contributed by atoms with Crippen LogP contribution in [-0.4, -0.2) is 17.4 Å². The molecule has 19 heavy (non-hydrogen) atoms. The van der Waals surface area contributed by atoms with Crippen LogP contribution < -0.4 is 4.74 Å². The number of nitrogens with zero attached hydrogens (tertiary/aromatic N) is 1. The summed E-state index contributed by atoms with van der Waals surface area (Å²) in [4.78, 5) is 15.4. The lowest BCUT2D eigenvalue weighted by Gasteiger charge is -2.08. The number of benzene rings is 1. The van der Waals surface area contributed by atoms with Crippen LogP contribution in [0.15, 0.2) is 23.6 Å². The number of hydrogen-bond donors (Lipinski definition) is 0. The Balaban J connectivity index is 1.92. The number of carbonyl (C=O) groups is 1. The molecule has 100 valence electrons. The highest BCUT2D eigenvalue weighted by Gasteiger charge is 2.06. The van der Waals surface area contributed by atoms with Gasteiger partial charge in [0.2, 0.25) is 0 Å². The van der Waals surface area contributed by atoms with Crippen LogP contribution in [0.3, 0.4) is 0 Å². The van der Waals surface area contributed by atoms with Gasteiger partial charge in [0.05, 0.1) is 11.6 Å². The predicted molar refractivity (Wildman–Crippen MR) is 77.2 cm³/mol. The van der Waals surface area contributed by atoms with Gasteiger partial charge in [-0.1, -0.05) is 12.1 Å². The van der Waals surface area contributed by atoms with Gasteiger partial charge < -0.3 is 4.74 Å². The molecule has 0 saturated carbocycles. The maximum absolute atomic E-state index is 11.1. The van der Waals surface area contributed by atoms with E-state index in [1.54, 1.807) is 5.38 Å². The van der Waals surface area contributed by atoms with Crippen molar-refractivity contribution >= 4 is 17.1 Å². The molecule has 0 bridgehead atoms. The Hall–Kier alpha value is -1.68. The quantitative estimate of drug-likeness (QED) is 0.783. The number of thiazole rings is 1. The lowest BCUT2D eigenvalue weighted by atomic mass is 10.1. The fraction of sp³-hybridized carbons (Fsp3) is 0.333. The number of carbonyl (C=O) groups excluding carboxylic acids is 1. The van der Waals surface area contributed by atoms with E-state index >= 15 is 0 Å². The number of rotatable bonds is 5. The Bertz CT molecular complexity index is 590. The SMILES string of the molecule is CC(=O)c1csc(CCOc2cc(C)ccc2C)n1. The highest BCUT2D eigenvalue weighted by molar-refractivity contribution is 7.09. The highest BCUT2D eigenvalue weighted by atomic mass is 32.1. The largest absolute Gasteiger partial charge is 0.493 e. The Morgan fingerprint density at radius 1 is 1.37 bits per heavy atom. The average molecular weight is 275 g/mol. The van der Waals surface area contributed by atoms with Crippen molar-refractivity contribution in [3.05, 3.63) is 45.4 Å². The molecule has 0 radical (unpaired) electrons. The number of hydrogen-bond acceptors (Lipinski definition) is 4. The molecule has 0 aliphatic heterocycles. The summed E-state index contributed by atoms with van der Waals surface area (Å²) < 4.78 is 5.77. The van der Waals surface area contributed by atoms with Gasteiger partial charge in [-0.15, -0.1) is 11.3 Å². The monoisotopic (exact) mass is 275 g/mol. The van der Waals surface area contributed by atoms with E-state index in [9.17, 15) is 4.79 Å². The molecule has 1 heterocycles. The van der Waals surface area contributed by atoms with Crippen molar-refractivity contribution in [1.29, 1.82) is 0 Å². The molecule has 0 unspecified atom stereocenters. The summed E-state index contributed by atoms with van der Waals surface area (Å²) in [5, 5.41) is 2.74. The van der Waals surface area contributed by atoms with Gasteiger partial charge in [-0.3, -0.25) is 4.79 Å². The summed E-state index contributed by atoms with van der Waals surface area (Å²) in [6.07, 6.45) is 0.728. The number of Topliss-reactive ketones (excluding diaryl/α,β-unsaturated/α-hetero) is 1. The zero-order valence-corrected chi connectivity index (χ0v) is 12.2. The number of ether oxygens (including phenoxy) is 1. The summed E-state index contributed by atoms with van der Waals surface area (Å²) in [7, 11) is 0. The van der Waals surface area contributed by atoms with Gasteiger partial charge in [0.15, 0.2) is 5.78 Å². The summed E-state index contributed by atoms with van der Waals surface area (Å²) in [5.74, 6) is 0.932. The van der Waals surface area contributed by atoms with Crippen molar-refractivity contribution in [1.82, 2.24) is 4.98 Å². The normalized spacial score (nSPS) is 10.5. The minimum Gasteiger partial charge on any atom is -0.493 e. The predicted octanol–water partition coefficient (Wildman–Crippen LogP) is 3.58. The molecule has 0 spiro atoms. The molecule has 0 aliphatic carbocycles. The second-order valence-corrected chi connectivity index (χ2v) is 5.49. The van der Waals surface area contributed by atoms with Crippen molar-refractivity contribution in [2.24, 2.45) is 0 Å². The smallest absolute Gasteiger partial charge is 0.178 e. The van der Waals surface area contributed by atoms with Gasteiger partial charge in [-0.25, -0.2) is 4.98 Å². The minimum atomic E-state index is 0.0120. The van der Waals surface area contributed by atoms with Crippen LogP contribution in [0.2, 0.25) is 0 Å². The van der Waals surface area contributed by atoms with Gasteiger partial charge in [-0.2, -0.15) is 0 Å². The van der Waals surface area contributed by atoms with Crippen molar-refractivity contribution in [3.8, 4) is 5.75 Å². The number of aryl methyl sites for hydroxylation is 2. The third kappa shape index (κ3) is 3.64. The first-order chi connectivity index (χ1) is 9.06. The van der Waals surface area contributed by atoms with Gasteiger partial charge in [-0.05, 0) is 31.0 Å². The molecule has 0 saturated heterocycles. The van der Waals surface area contributed by atoms with E-state index in [-0.39, 0.29) is 5.78 Å². The molecule has 4 heteroatoms. The molecule has 2 aromatic rings. The lowest BCUT2D eigenvalue weighted by Crippen LogP contribution is -2.03. The van der Waals surface area contributed by atoms with E-state index < -0.39 is 0 Å². The Kier molecular flexibility index (Phi) is 4.32. The Morgan fingerprint density at radius 3 is 2.84 bits per heavy atom. The van der Waals surface area contributed by atoms with E-state index in [2.05, 4.69) is 17.1 Å². The zero-order valence-electron chi connectivity index (χ0n) is 11.4. The first-order valence-corrected chi connectivity index (χ1v) is 7.09. The zero-order chi connectivity index (χ0) is 13.8. The molecular formula is C15H17NO2S. The maximum atomic E-state index is 11.1. The Labute approximate surface area is 117 Å². The van der Waals surface area contributed by atoms with Crippen LogP contribution in [0.25, 0.3) is 0 Å². The summed E-state index contributed by atoms with van der Waals surface area (Å²) in [5.41, 5.74) is 2.87. The van der Waals surface area contributed by atoms with Gasteiger partial charge in [0, 0.05) is 18.7 Å². The standard InChI is InChI=1S/C15H17NO2S/c1-10-4-5-11(2)14(8-10)18-7-6-15-16-13(9-19-15)12(3)17/h4-5,8-9H,6-7H2,1-3H3. The first-order valence-electron chi connectivity index (χ1n) is 6.21. The van der Waals surface area contributed by atoms with E-state index in [0.29, 0.717) is 12.3 Å². The van der Waals surface area contributed by atoms with Crippen LogP contribution in [-0.2, 0) is 6.42 Å². The van der Waals surface area contributed by atoms with E-state index in [0.717, 1.165) is 22.7 Å². The minimum absolute atomic E-state index is 0.0120. The van der Waals surface area contributed by atoms with Gasteiger partial charge in [0.25, 0.3) is 0 Å². The van der Waals surface area contributed by atoms with Crippen LogP contribution in [0, 0.1) is 13.8 Å². The molecule has 0 atom stereocenters. The molecule has 1 aromatic heterocycles. The maximum Gasteiger partial charge on any atom is 0.178 e. The topological polar surface area (TPSA) is 39.2 Å². The van der Waals surface area contributed by atoms with Crippen molar-refractivity contribution in [3.63, 3.8) is 0 Å². The first kappa shape index (κ1) is 13.7. The van der Waals surface area contributed by atoms with Crippen molar-refractivity contribution in [2.45, 2.75) is 27.2 Å². The van der Waals surface area contributed by atoms with Crippen LogP contribution in [0.4, 0.5) is 0 Å².